The van der Waals surface area contributed by atoms with Gasteiger partial charge in [-0.25, -0.2) is 8.78 Å². The lowest BCUT2D eigenvalue weighted by Gasteiger charge is -2.27. The van der Waals surface area contributed by atoms with Gasteiger partial charge in [0.15, 0.2) is 0 Å². The van der Waals surface area contributed by atoms with E-state index in [1.807, 2.05) is 7.05 Å². The molecule has 100 valence electrons. The highest BCUT2D eigenvalue weighted by Gasteiger charge is 2.31. The molecule has 0 spiro atoms. The van der Waals surface area contributed by atoms with Crippen LogP contribution in [0.4, 0.5) is 8.78 Å². The number of rotatable bonds is 4. The third kappa shape index (κ3) is 2.72. The van der Waals surface area contributed by atoms with Crippen molar-refractivity contribution in [3.63, 3.8) is 0 Å². The Morgan fingerprint density at radius 2 is 1.94 bits per heavy atom. The molecule has 1 saturated carbocycles. The van der Waals surface area contributed by atoms with E-state index in [1.165, 1.54) is 31.0 Å². The van der Waals surface area contributed by atoms with Crippen molar-refractivity contribution in [1.82, 2.24) is 5.32 Å². The van der Waals surface area contributed by atoms with Gasteiger partial charge in [0.1, 0.15) is 11.6 Å². The molecule has 0 bridgehead atoms. The highest BCUT2D eigenvalue weighted by atomic mass is 19.1. The molecule has 1 nitrogen and oxygen atoms in total. The Balaban J connectivity index is 2.15. The van der Waals surface area contributed by atoms with Crippen LogP contribution in [0.15, 0.2) is 18.2 Å². The summed E-state index contributed by atoms with van der Waals surface area (Å²) in [5.74, 6) is 0.299. The van der Waals surface area contributed by atoms with Crippen molar-refractivity contribution >= 4 is 0 Å². The molecule has 1 aliphatic carbocycles. The normalized spacial score (nSPS) is 25.3. The molecule has 3 heteroatoms. The fraction of sp³-hybridized carbons (Fsp3) is 0.600. The average molecular weight is 253 g/mol. The highest BCUT2D eigenvalue weighted by Crippen LogP contribution is 2.35. The number of likely N-dealkylation sites (N-methyl/N-ethyl adjacent to an activating group) is 1. The van der Waals surface area contributed by atoms with Gasteiger partial charge in [0.25, 0.3) is 0 Å². The second-order valence-corrected chi connectivity index (χ2v) is 5.37. The molecule has 0 radical (unpaired) electrons. The third-order valence-electron chi connectivity index (χ3n) is 4.30. The van der Waals surface area contributed by atoms with Gasteiger partial charge in [-0.05, 0) is 43.9 Å². The predicted octanol–water partition coefficient (Wildman–Crippen LogP) is 3.53. The molecule has 18 heavy (non-hydrogen) atoms. The van der Waals surface area contributed by atoms with Crippen molar-refractivity contribution in [3.05, 3.63) is 35.4 Å². The monoisotopic (exact) mass is 253 g/mol. The number of hydrogen-bond donors (Lipinski definition) is 1. The Labute approximate surface area is 108 Å². The number of hydrogen-bond acceptors (Lipinski definition) is 1. The van der Waals surface area contributed by atoms with E-state index in [9.17, 15) is 8.78 Å². The summed E-state index contributed by atoms with van der Waals surface area (Å²) in [4.78, 5) is 0. The summed E-state index contributed by atoms with van der Waals surface area (Å²) in [6.07, 6.45) is 4.04. The molecular weight excluding hydrogens is 232 g/mol. The minimum absolute atomic E-state index is 0.161. The molecule has 1 aromatic carbocycles. The first kappa shape index (κ1) is 13.5. The maximum atomic E-state index is 13.7. The third-order valence-corrected chi connectivity index (χ3v) is 4.30. The lowest BCUT2D eigenvalue weighted by atomic mass is 9.86. The van der Waals surface area contributed by atoms with Gasteiger partial charge in [0, 0.05) is 11.6 Å². The zero-order valence-corrected chi connectivity index (χ0v) is 11.0. The fourth-order valence-corrected chi connectivity index (χ4v) is 3.19. The molecule has 1 fully saturated rings. The first-order valence-corrected chi connectivity index (χ1v) is 6.73. The molecule has 1 N–H and O–H groups in total. The molecule has 0 heterocycles. The Hall–Kier alpha value is -0.960. The predicted molar refractivity (Wildman–Crippen MR) is 69.4 cm³/mol. The zero-order valence-electron chi connectivity index (χ0n) is 11.0. The first-order chi connectivity index (χ1) is 8.63. The molecule has 2 rings (SSSR count). The van der Waals surface area contributed by atoms with E-state index >= 15 is 0 Å². The van der Waals surface area contributed by atoms with Crippen LogP contribution in [0.5, 0.6) is 0 Å². The maximum absolute atomic E-state index is 13.7. The lowest BCUT2D eigenvalue weighted by molar-refractivity contribution is 0.303. The Bertz CT molecular complexity index is 385. The van der Waals surface area contributed by atoms with Gasteiger partial charge in [-0.2, -0.15) is 0 Å². The minimum atomic E-state index is -0.430. The van der Waals surface area contributed by atoms with Crippen LogP contribution < -0.4 is 5.32 Å². The second kappa shape index (κ2) is 5.79. The van der Waals surface area contributed by atoms with E-state index in [0.29, 0.717) is 18.3 Å². The van der Waals surface area contributed by atoms with Gasteiger partial charge in [-0.3, -0.25) is 0 Å². The topological polar surface area (TPSA) is 12.0 Å². The molecule has 1 aromatic rings. The maximum Gasteiger partial charge on any atom is 0.129 e. The van der Waals surface area contributed by atoms with Gasteiger partial charge in [-0.1, -0.05) is 25.8 Å². The van der Waals surface area contributed by atoms with E-state index in [2.05, 4.69) is 12.2 Å². The summed E-state index contributed by atoms with van der Waals surface area (Å²) in [6, 6.07) is 4.25. The lowest BCUT2D eigenvalue weighted by Crippen LogP contribution is -2.37. The van der Waals surface area contributed by atoms with Crippen LogP contribution in [-0.4, -0.2) is 13.1 Å². The van der Waals surface area contributed by atoms with Crippen LogP contribution in [-0.2, 0) is 6.42 Å². The standard InChI is InChI=1S/C15H21F2N/c1-10-5-3-6-11(10)15(18-2)9-12-13(16)7-4-8-14(12)17/h4,7-8,10-11,15,18H,3,5-6,9H2,1-2H3. The van der Waals surface area contributed by atoms with Gasteiger partial charge in [0.2, 0.25) is 0 Å². The van der Waals surface area contributed by atoms with Crippen molar-refractivity contribution in [2.24, 2.45) is 11.8 Å². The number of halogens is 2. The summed E-state index contributed by atoms with van der Waals surface area (Å²) in [5.41, 5.74) is 0.218. The van der Waals surface area contributed by atoms with Crippen LogP contribution in [0.3, 0.4) is 0 Å². The van der Waals surface area contributed by atoms with E-state index in [4.69, 9.17) is 0 Å². The molecule has 0 aliphatic heterocycles. The molecule has 3 atom stereocenters. The fourth-order valence-electron chi connectivity index (χ4n) is 3.19. The van der Waals surface area contributed by atoms with Gasteiger partial charge in [-0.15, -0.1) is 0 Å². The van der Waals surface area contributed by atoms with Crippen molar-refractivity contribution < 1.29 is 8.78 Å². The Morgan fingerprint density at radius 3 is 2.44 bits per heavy atom. The summed E-state index contributed by atoms with van der Waals surface area (Å²) < 4.78 is 27.3. The Morgan fingerprint density at radius 1 is 1.28 bits per heavy atom. The number of nitrogens with one attached hydrogen (secondary N) is 1. The van der Waals surface area contributed by atoms with E-state index in [0.717, 1.165) is 6.42 Å². The van der Waals surface area contributed by atoms with Crippen LogP contribution >= 0.6 is 0 Å². The molecule has 0 saturated heterocycles. The van der Waals surface area contributed by atoms with Crippen molar-refractivity contribution in [1.29, 1.82) is 0 Å². The SMILES string of the molecule is CNC(Cc1c(F)cccc1F)C1CCCC1C. The smallest absolute Gasteiger partial charge is 0.129 e. The first-order valence-electron chi connectivity index (χ1n) is 6.73. The summed E-state index contributed by atoms with van der Waals surface area (Å²) in [5, 5.41) is 3.24. The zero-order chi connectivity index (χ0) is 13.1. The van der Waals surface area contributed by atoms with E-state index in [1.54, 1.807) is 0 Å². The second-order valence-electron chi connectivity index (χ2n) is 5.37. The van der Waals surface area contributed by atoms with Crippen LogP contribution in [0.1, 0.15) is 31.7 Å². The highest BCUT2D eigenvalue weighted by molar-refractivity contribution is 5.21. The van der Waals surface area contributed by atoms with Gasteiger partial charge >= 0.3 is 0 Å². The summed E-state index contributed by atoms with van der Waals surface area (Å²) in [6.45, 7) is 2.24. The summed E-state index contributed by atoms with van der Waals surface area (Å²) in [7, 11) is 1.88. The number of benzene rings is 1. The van der Waals surface area contributed by atoms with E-state index < -0.39 is 11.6 Å². The van der Waals surface area contributed by atoms with Crippen molar-refractivity contribution in [3.8, 4) is 0 Å². The van der Waals surface area contributed by atoms with Crippen molar-refractivity contribution in [2.75, 3.05) is 7.05 Å². The Kier molecular flexibility index (Phi) is 4.33. The molecular formula is C15H21F2N. The molecule has 1 aliphatic rings. The largest absolute Gasteiger partial charge is 0.316 e. The molecule has 0 amide bonds. The van der Waals surface area contributed by atoms with Crippen LogP contribution in [0, 0.1) is 23.5 Å². The minimum Gasteiger partial charge on any atom is -0.316 e. The molecule has 0 aromatic heterocycles. The van der Waals surface area contributed by atoms with Gasteiger partial charge < -0.3 is 5.32 Å². The molecule has 3 unspecified atom stereocenters. The summed E-state index contributed by atoms with van der Waals surface area (Å²) >= 11 is 0. The van der Waals surface area contributed by atoms with Crippen LogP contribution in [0.2, 0.25) is 0 Å². The quantitative estimate of drug-likeness (QED) is 0.865. The van der Waals surface area contributed by atoms with Crippen molar-refractivity contribution in [2.45, 2.75) is 38.6 Å². The van der Waals surface area contributed by atoms with Crippen LogP contribution in [0.25, 0.3) is 0 Å². The van der Waals surface area contributed by atoms with Gasteiger partial charge in [0.05, 0.1) is 0 Å². The van der Waals surface area contributed by atoms with E-state index in [-0.39, 0.29) is 11.6 Å². The average Bonchev–Trinajstić information content (AvgIpc) is 2.76.